The third kappa shape index (κ3) is 1.65. The van der Waals surface area contributed by atoms with Gasteiger partial charge in [-0.3, -0.25) is 0 Å². The summed E-state index contributed by atoms with van der Waals surface area (Å²) in [5.74, 6) is 0. The van der Waals surface area contributed by atoms with Crippen molar-refractivity contribution >= 4 is 33.0 Å². The van der Waals surface area contributed by atoms with Crippen molar-refractivity contribution in [3.63, 3.8) is 0 Å². The molecular weight excluding hydrogens is 262 g/mol. The molecule has 0 saturated heterocycles. The number of hydrogen-bond donors (Lipinski definition) is 0. The Labute approximate surface area is 121 Å². The van der Waals surface area contributed by atoms with Gasteiger partial charge in [0, 0.05) is 10.8 Å². The molecule has 2 aromatic carbocycles. The molecule has 0 radical (unpaired) electrons. The van der Waals surface area contributed by atoms with Gasteiger partial charge >= 0.3 is 0 Å². The van der Waals surface area contributed by atoms with Crippen LogP contribution in [0.15, 0.2) is 60.0 Å². The number of fused-ring (bicyclic) bond motifs is 3. The first-order chi connectivity index (χ1) is 9.84. The molecule has 0 N–H and O–H groups in total. The third-order valence-electron chi connectivity index (χ3n) is 3.69. The lowest BCUT2D eigenvalue weighted by atomic mass is 10.0. The predicted octanol–water partition coefficient (Wildman–Crippen LogP) is 5.42. The second kappa shape index (κ2) is 4.43. The maximum atomic E-state index is 4.92. The van der Waals surface area contributed by atoms with Crippen molar-refractivity contribution in [3.8, 4) is 10.6 Å². The number of benzene rings is 2. The maximum Gasteiger partial charge on any atom is 0.0890 e. The number of hydrogen-bond acceptors (Lipinski definition) is 2. The highest BCUT2D eigenvalue weighted by Crippen LogP contribution is 2.36. The molecule has 4 rings (SSSR count). The fraction of sp³-hybridized carbons (Fsp3) is 0.0556. The molecule has 0 aliphatic rings. The second-order valence-electron chi connectivity index (χ2n) is 4.96. The first-order valence-electron chi connectivity index (χ1n) is 6.66. The lowest BCUT2D eigenvalue weighted by Crippen LogP contribution is -1.88. The Kier molecular flexibility index (Phi) is 2.57. The number of rotatable bonds is 1. The van der Waals surface area contributed by atoms with Gasteiger partial charge in [-0.25, -0.2) is 4.98 Å². The van der Waals surface area contributed by atoms with Crippen LogP contribution in [0.25, 0.3) is 32.2 Å². The molecular formula is C18H13NS. The molecule has 0 aliphatic heterocycles. The summed E-state index contributed by atoms with van der Waals surface area (Å²) in [6.07, 6.45) is 0. The fourth-order valence-corrected chi connectivity index (χ4v) is 3.62. The minimum Gasteiger partial charge on any atom is -0.246 e. The van der Waals surface area contributed by atoms with Gasteiger partial charge in [-0.15, -0.1) is 11.3 Å². The minimum atomic E-state index is 1.06. The van der Waals surface area contributed by atoms with E-state index in [0.717, 1.165) is 11.2 Å². The van der Waals surface area contributed by atoms with Crippen LogP contribution in [-0.4, -0.2) is 4.98 Å². The zero-order valence-electron chi connectivity index (χ0n) is 11.1. The van der Waals surface area contributed by atoms with Crippen molar-refractivity contribution in [1.29, 1.82) is 0 Å². The summed E-state index contributed by atoms with van der Waals surface area (Å²) in [6.45, 7) is 2.15. The summed E-state index contributed by atoms with van der Waals surface area (Å²) in [7, 11) is 0. The summed E-state index contributed by atoms with van der Waals surface area (Å²) in [5.41, 5.74) is 3.46. The van der Waals surface area contributed by atoms with E-state index in [2.05, 4.69) is 66.9 Å². The topological polar surface area (TPSA) is 12.9 Å². The number of pyridine rings is 1. The number of para-hydroxylation sites is 1. The Hall–Kier alpha value is -2.19. The van der Waals surface area contributed by atoms with Crippen LogP contribution in [0, 0.1) is 6.92 Å². The van der Waals surface area contributed by atoms with Crippen LogP contribution in [0.4, 0.5) is 0 Å². The Morgan fingerprint density at radius 3 is 2.25 bits per heavy atom. The van der Waals surface area contributed by atoms with Gasteiger partial charge in [0.05, 0.1) is 16.1 Å². The molecule has 0 aliphatic carbocycles. The van der Waals surface area contributed by atoms with Crippen LogP contribution in [-0.2, 0) is 0 Å². The van der Waals surface area contributed by atoms with Crippen LogP contribution in [0.5, 0.6) is 0 Å². The van der Waals surface area contributed by atoms with Gasteiger partial charge in [0.15, 0.2) is 0 Å². The van der Waals surface area contributed by atoms with Gasteiger partial charge in [-0.05, 0) is 35.4 Å². The Bertz CT molecular complexity index is 921. The zero-order valence-corrected chi connectivity index (χ0v) is 11.9. The number of aryl methyl sites for hydroxylation is 1. The molecule has 0 spiro atoms. The molecule has 1 nitrogen and oxygen atoms in total. The van der Waals surface area contributed by atoms with Crippen molar-refractivity contribution in [2.45, 2.75) is 6.92 Å². The molecule has 0 fully saturated rings. The van der Waals surface area contributed by atoms with E-state index in [1.54, 1.807) is 11.3 Å². The van der Waals surface area contributed by atoms with E-state index in [-0.39, 0.29) is 0 Å². The summed E-state index contributed by atoms with van der Waals surface area (Å²) >= 11 is 1.76. The fourth-order valence-electron chi connectivity index (χ4n) is 2.69. The average Bonchev–Trinajstić information content (AvgIpc) is 2.92. The number of thiophene rings is 1. The maximum absolute atomic E-state index is 4.92. The van der Waals surface area contributed by atoms with Crippen molar-refractivity contribution in [1.82, 2.24) is 4.98 Å². The quantitative estimate of drug-likeness (QED) is 0.422. The summed E-state index contributed by atoms with van der Waals surface area (Å²) in [4.78, 5) is 6.19. The largest absolute Gasteiger partial charge is 0.246 e. The highest BCUT2D eigenvalue weighted by Gasteiger charge is 2.12. The molecule has 0 atom stereocenters. The van der Waals surface area contributed by atoms with E-state index < -0.39 is 0 Å². The SMILES string of the molecule is Cc1ccsc1-c1nc2ccccc2c2ccccc12. The van der Waals surface area contributed by atoms with Crippen LogP contribution in [0.2, 0.25) is 0 Å². The molecule has 20 heavy (non-hydrogen) atoms. The normalized spacial score (nSPS) is 11.2. The van der Waals surface area contributed by atoms with Crippen LogP contribution < -0.4 is 0 Å². The third-order valence-corrected chi connectivity index (χ3v) is 4.71. The predicted molar refractivity (Wildman–Crippen MR) is 87.3 cm³/mol. The summed E-state index contributed by atoms with van der Waals surface area (Å²) < 4.78 is 0. The van der Waals surface area contributed by atoms with Gasteiger partial charge in [-0.1, -0.05) is 42.5 Å². The zero-order chi connectivity index (χ0) is 13.5. The standard InChI is InChI=1S/C18H13NS/c1-12-10-11-20-18(12)17-15-8-3-2-6-13(15)14-7-4-5-9-16(14)19-17/h2-11H,1H3. The highest BCUT2D eigenvalue weighted by molar-refractivity contribution is 7.13. The van der Waals surface area contributed by atoms with Gasteiger partial charge in [0.2, 0.25) is 0 Å². The molecule has 0 bridgehead atoms. The molecule has 2 heteroatoms. The van der Waals surface area contributed by atoms with Crippen molar-refractivity contribution in [2.24, 2.45) is 0 Å². The van der Waals surface area contributed by atoms with E-state index in [4.69, 9.17) is 4.98 Å². The minimum absolute atomic E-state index is 1.06. The number of nitrogens with zero attached hydrogens (tertiary/aromatic N) is 1. The van der Waals surface area contributed by atoms with Crippen molar-refractivity contribution in [3.05, 3.63) is 65.5 Å². The summed E-state index contributed by atoms with van der Waals surface area (Å²) in [5, 5.41) is 5.87. The molecule has 96 valence electrons. The van der Waals surface area contributed by atoms with Gasteiger partial charge < -0.3 is 0 Å². The first kappa shape index (κ1) is 11.6. The van der Waals surface area contributed by atoms with Crippen LogP contribution in [0.3, 0.4) is 0 Å². The monoisotopic (exact) mass is 275 g/mol. The lowest BCUT2D eigenvalue weighted by Gasteiger charge is -2.09. The molecule has 0 saturated carbocycles. The highest BCUT2D eigenvalue weighted by atomic mass is 32.1. The van der Waals surface area contributed by atoms with Gasteiger partial charge in [0.1, 0.15) is 0 Å². The molecule has 0 unspecified atom stereocenters. The number of aromatic nitrogens is 1. The second-order valence-corrected chi connectivity index (χ2v) is 5.87. The first-order valence-corrected chi connectivity index (χ1v) is 7.54. The lowest BCUT2D eigenvalue weighted by molar-refractivity contribution is 1.42. The van der Waals surface area contributed by atoms with Gasteiger partial charge in [-0.2, -0.15) is 0 Å². The molecule has 0 amide bonds. The molecule has 2 heterocycles. The smallest absolute Gasteiger partial charge is 0.0890 e. The van der Waals surface area contributed by atoms with Crippen LogP contribution in [0.1, 0.15) is 5.56 Å². The molecule has 4 aromatic rings. The Balaban J connectivity index is 2.22. The Morgan fingerprint density at radius 2 is 1.50 bits per heavy atom. The van der Waals surface area contributed by atoms with Crippen LogP contribution >= 0.6 is 11.3 Å². The van der Waals surface area contributed by atoms with Gasteiger partial charge in [0.25, 0.3) is 0 Å². The van der Waals surface area contributed by atoms with E-state index >= 15 is 0 Å². The van der Waals surface area contributed by atoms with E-state index in [0.29, 0.717) is 0 Å². The Morgan fingerprint density at radius 1 is 0.800 bits per heavy atom. The van der Waals surface area contributed by atoms with E-state index in [1.165, 1.54) is 26.6 Å². The average molecular weight is 275 g/mol. The molecule has 2 aromatic heterocycles. The van der Waals surface area contributed by atoms with Crippen molar-refractivity contribution < 1.29 is 0 Å². The van der Waals surface area contributed by atoms with E-state index in [9.17, 15) is 0 Å². The van der Waals surface area contributed by atoms with E-state index in [1.807, 2.05) is 0 Å². The summed E-state index contributed by atoms with van der Waals surface area (Å²) in [6, 6.07) is 19.1. The van der Waals surface area contributed by atoms with Crippen molar-refractivity contribution in [2.75, 3.05) is 0 Å².